The van der Waals surface area contributed by atoms with E-state index >= 15 is 0 Å². The molecule has 16 heavy (non-hydrogen) atoms. The van der Waals surface area contributed by atoms with Crippen molar-refractivity contribution in [2.24, 2.45) is 10.7 Å². The Bertz CT molecular complexity index is 215. The molecule has 0 spiro atoms. The van der Waals surface area contributed by atoms with Crippen LogP contribution in [-0.4, -0.2) is 43.7 Å². The van der Waals surface area contributed by atoms with Gasteiger partial charge in [-0.3, -0.25) is 4.99 Å². The second-order valence-corrected chi connectivity index (χ2v) is 3.65. The summed E-state index contributed by atoms with van der Waals surface area (Å²) in [6.07, 6.45) is 5.50. The van der Waals surface area contributed by atoms with E-state index in [9.17, 15) is 0 Å². The Hall–Kier alpha value is -0.300. The summed E-state index contributed by atoms with van der Waals surface area (Å²) in [5, 5.41) is 0. The number of nitrogens with two attached hydrogens (primary N) is 1. The molecule has 94 valence electrons. The summed E-state index contributed by atoms with van der Waals surface area (Å²) in [4.78, 5) is 6.43. The molecule has 1 saturated heterocycles. The first-order valence-electron chi connectivity index (χ1n) is 5.58. The summed E-state index contributed by atoms with van der Waals surface area (Å²) in [7, 11) is 0. The fourth-order valence-corrected chi connectivity index (χ4v) is 1.61. The minimum absolute atomic E-state index is 0. The molecule has 0 aromatic carbocycles. The van der Waals surface area contributed by atoms with Crippen LogP contribution in [0.3, 0.4) is 0 Å². The van der Waals surface area contributed by atoms with Crippen LogP contribution in [0.25, 0.3) is 0 Å². The lowest BCUT2D eigenvalue weighted by molar-refractivity contribution is 0.170. The van der Waals surface area contributed by atoms with Gasteiger partial charge in [-0.2, -0.15) is 0 Å². The van der Waals surface area contributed by atoms with Crippen LogP contribution in [0.2, 0.25) is 0 Å². The molecular weight excluding hydrogens is 317 g/mol. The monoisotopic (exact) mass is 339 g/mol. The number of ether oxygens (including phenoxy) is 1. The number of halogens is 1. The smallest absolute Gasteiger partial charge is 0.191 e. The molecule has 0 amide bonds. The maximum Gasteiger partial charge on any atom is 0.191 e. The average molecular weight is 339 g/mol. The van der Waals surface area contributed by atoms with E-state index in [2.05, 4.69) is 16.5 Å². The van der Waals surface area contributed by atoms with Crippen molar-refractivity contribution in [3.63, 3.8) is 0 Å². The molecule has 0 radical (unpaired) electrons. The van der Waals surface area contributed by atoms with Crippen LogP contribution in [0.5, 0.6) is 0 Å². The lowest BCUT2D eigenvalue weighted by Crippen LogP contribution is -2.41. The number of piperidine rings is 1. The molecule has 1 rings (SSSR count). The first-order chi connectivity index (χ1) is 7.34. The van der Waals surface area contributed by atoms with Crippen LogP contribution in [0.1, 0.15) is 19.3 Å². The van der Waals surface area contributed by atoms with E-state index in [1.165, 1.54) is 19.3 Å². The molecule has 0 bridgehead atoms. The number of nitrogens with zero attached hydrogens (tertiary/aromatic N) is 2. The molecule has 4 nitrogen and oxygen atoms in total. The second-order valence-electron chi connectivity index (χ2n) is 3.65. The molecule has 0 aromatic rings. The Labute approximate surface area is 115 Å². The molecule has 1 heterocycles. The third-order valence-corrected chi connectivity index (χ3v) is 2.43. The number of aliphatic imine (C=N–C) groups is 1. The van der Waals surface area contributed by atoms with E-state index in [1.807, 2.05) is 0 Å². The van der Waals surface area contributed by atoms with Crippen molar-refractivity contribution in [3.8, 4) is 0 Å². The number of guanidine groups is 1. The van der Waals surface area contributed by atoms with Crippen molar-refractivity contribution in [1.82, 2.24) is 4.90 Å². The van der Waals surface area contributed by atoms with Gasteiger partial charge >= 0.3 is 0 Å². The Morgan fingerprint density at radius 2 is 2.06 bits per heavy atom. The van der Waals surface area contributed by atoms with Crippen molar-refractivity contribution in [2.45, 2.75) is 19.3 Å². The molecule has 5 heteroatoms. The van der Waals surface area contributed by atoms with Crippen LogP contribution in [0, 0.1) is 0 Å². The minimum atomic E-state index is 0. The minimum Gasteiger partial charge on any atom is -0.375 e. The lowest BCUT2D eigenvalue weighted by atomic mass is 10.1. The van der Waals surface area contributed by atoms with Gasteiger partial charge in [-0.05, 0) is 19.3 Å². The largest absolute Gasteiger partial charge is 0.375 e. The topological polar surface area (TPSA) is 50.9 Å². The van der Waals surface area contributed by atoms with E-state index in [1.54, 1.807) is 6.08 Å². The zero-order chi connectivity index (χ0) is 10.9. The van der Waals surface area contributed by atoms with Gasteiger partial charge in [0.1, 0.15) is 0 Å². The van der Waals surface area contributed by atoms with E-state index < -0.39 is 0 Å². The zero-order valence-electron chi connectivity index (χ0n) is 9.73. The standard InChI is InChI=1S/C11H21N3O.HI/c1-2-9-15-10-6-13-11(12)14-7-4-3-5-8-14;/h2H,1,3-10H2,(H2,12,13);1H. The highest BCUT2D eigenvalue weighted by molar-refractivity contribution is 14.0. The molecular formula is C11H22IN3O. The number of likely N-dealkylation sites (tertiary alicyclic amines) is 1. The second kappa shape index (κ2) is 9.89. The Balaban J connectivity index is 0.00000225. The zero-order valence-corrected chi connectivity index (χ0v) is 12.1. The highest BCUT2D eigenvalue weighted by Crippen LogP contribution is 2.07. The number of hydrogen-bond acceptors (Lipinski definition) is 2. The number of rotatable bonds is 5. The van der Waals surface area contributed by atoms with E-state index in [-0.39, 0.29) is 24.0 Å². The summed E-state index contributed by atoms with van der Waals surface area (Å²) in [5.74, 6) is 0.664. The molecule has 1 fully saturated rings. The summed E-state index contributed by atoms with van der Waals surface area (Å²) < 4.78 is 5.22. The highest BCUT2D eigenvalue weighted by atomic mass is 127. The maximum atomic E-state index is 5.86. The van der Waals surface area contributed by atoms with Gasteiger partial charge < -0.3 is 15.4 Å². The van der Waals surface area contributed by atoms with Gasteiger partial charge in [0.2, 0.25) is 0 Å². The molecule has 1 aliphatic heterocycles. The van der Waals surface area contributed by atoms with Crippen molar-refractivity contribution < 1.29 is 4.74 Å². The summed E-state index contributed by atoms with van der Waals surface area (Å²) in [5.41, 5.74) is 5.86. The molecule has 0 aromatic heterocycles. The molecule has 1 aliphatic rings. The van der Waals surface area contributed by atoms with Gasteiger partial charge in [0.05, 0.1) is 19.8 Å². The van der Waals surface area contributed by atoms with E-state index in [0.717, 1.165) is 13.1 Å². The van der Waals surface area contributed by atoms with Crippen molar-refractivity contribution in [3.05, 3.63) is 12.7 Å². The first kappa shape index (κ1) is 15.7. The third-order valence-electron chi connectivity index (χ3n) is 2.43. The van der Waals surface area contributed by atoms with Crippen LogP contribution < -0.4 is 5.73 Å². The highest BCUT2D eigenvalue weighted by Gasteiger charge is 2.11. The average Bonchev–Trinajstić information content (AvgIpc) is 2.30. The van der Waals surface area contributed by atoms with Crippen molar-refractivity contribution in [1.29, 1.82) is 0 Å². The molecule has 2 N–H and O–H groups in total. The van der Waals surface area contributed by atoms with Gasteiger partial charge in [0, 0.05) is 13.1 Å². The van der Waals surface area contributed by atoms with Crippen molar-refractivity contribution in [2.75, 3.05) is 32.8 Å². The molecule has 0 atom stereocenters. The fourth-order valence-electron chi connectivity index (χ4n) is 1.61. The Morgan fingerprint density at radius 1 is 1.38 bits per heavy atom. The SMILES string of the molecule is C=CCOCCN=C(N)N1CCCCC1.I. The predicted molar refractivity (Wildman–Crippen MR) is 78.3 cm³/mol. The normalized spacial score (nSPS) is 16.8. The summed E-state index contributed by atoms with van der Waals surface area (Å²) >= 11 is 0. The van der Waals surface area contributed by atoms with E-state index in [4.69, 9.17) is 10.5 Å². The van der Waals surface area contributed by atoms with Crippen LogP contribution in [0.15, 0.2) is 17.6 Å². The first-order valence-corrected chi connectivity index (χ1v) is 5.58. The molecule has 0 aliphatic carbocycles. The molecule has 0 unspecified atom stereocenters. The quantitative estimate of drug-likeness (QED) is 0.272. The fraction of sp³-hybridized carbons (Fsp3) is 0.727. The lowest BCUT2D eigenvalue weighted by Gasteiger charge is -2.27. The maximum absolute atomic E-state index is 5.86. The van der Waals surface area contributed by atoms with Crippen LogP contribution in [0.4, 0.5) is 0 Å². The molecule has 0 saturated carbocycles. The van der Waals surface area contributed by atoms with Crippen molar-refractivity contribution >= 4 is 29.9 Å². The van der Waals surface area contributed by atoms with Gasteiger partial charge in [-0.15, -0.1) is 30.6 Å². The Kier molecular flexibility index (Phi) is 9.71. The van der Waals surface area contributed by atoms with Crippen LogP contribution in [-0.2, 0) is 4.74 Å². The van der Waals surface area contributed by atoms with Crippen LogP contribution >= 0.6 is 24.0 Å². The van der Waals surface area contributed by atoms with Gasteiger partial charge in [0.15, 0.2) is 5.96 Å². The van der Waals surface area contributed by atoms with E-state index in [0.29, 0.717) is 25.7 Å². The summed E-state index contributed by atoms with van der Waals surface area (Å²) in [6.45, 7) is 7.49. The van der Waals surface area contributed by atoms with Gasteiger partial charge in [-0.25, -0.2) is 0 Å². The van der Waals surface area contributed by atoms with Gasteiger partial charge in [0.25, 0.3) is 0 Å². The summed E-state index contributed by atoms with van der Waals surface area (Å²) in [6, 6.07) is 0. The van der Waals surface area contributed by atoms with Gasteiger partial charge in [-0.1, -0.05) is 6.08 Å². The predicted octanol–water partition coefficient (Wildman–Crippen LogP) is 1.61. The third kappa shape index (κ3) is 6.32. The Morgan fingerprint density at radius 3 is 2.69 bits per heavy atom. The number of hydrogen-bond donors (Lipinski definition) is 1.